The lowest BCUT2D eigenvalue weighted by Gasteiger charge is -2.05. The van der Waals surface area contributed by atoms with Gasteiger partial charge in [-0.05, 0) is 17.7 Å². The Balaban J connectivity index is 0.000000612. The molecule has 2 aromatic rings. The van der Waals surface area contributed by atoms with Gasteiger partial charge in [0, 0.05) is 5.75 Å². The highest BCUT2D eigenvalue weighted by atomic mass is 32.2. The van der Waals surface area contributed by atoms with Gasteiger partial charge in [-0.25, -0.2) is 0 Å². The maximum atomic E-state index is 11.9. The molecule has 6 nitrogen and oxygen atoms in total. The predicted molar refractivity (Wildman–Crippen MR) is 64.0 cm³/mol. The van der Waals surface area contributed by atoms with Crippen molar-refractivity contribution < 1.29 is 23.1 Å². The Bertz CT molecular complexity index is 528. The molecule has 20 heavy (non-hydrogen) atoms. The molecule has 1 aromatic carbocycles. The summed E-state index contributed by atoms with van der Waals surface area (Å²) in [5, 5.41) is 10.9. The van der Waals surface area contributed by atoms with E-state index < -0.39 is 6.61 Å². The summed E-state index contributed by atoms with van der Waals surface area (Å²) >= 11 is 1.51. The molecule has 0 aliphatic carbocycles. The normalized spacial score (nSPS) is 9.55. The molecule has 9 heteroatoms. The van der Waals surface area contributed by atoms with Crippen molar-refractivity contribution in [2.75, 3.05) is 0 Å². The highest BCUT2D eigenvalue weighted by Gasteiger charge is 2.04. The zero-order valence-corrected chi connectivity index (χ0v) is 10.8. The van der Waals surface area contributed by atoms with Crippen molar-refractivity contribution in [3.05, 3.63) is 36.0 Å². The van der Waals surface area contributed by atoms with E-state index in [-0.39, 0.29) is 11.9 Å². The van der Waals surface area contributed by atoms with Crippen LogP contribution >= 0.6 is 11.8 Å². The van der Waals surface area contributed by atoms with Crippen LogP contribution in [0.5, 0.6) is 5.75 Å². The molecule has 1 heterocycles. The van der Waals surface area contributed by atoms with Crippen molar-refractivity contribution in [3.8, 4) is 5.75 Å². The predicted octanol–water partition coefficient (Wildman–Crippen LogP) is 2.11. The number of ether oxygens (including phenoxy) is 1. The maximum Gasteiger partial charge on any atom is 0.387 e. The number of alkyl halides is 2. The van der Waals surface area contributed by atoms with Crippen LogP contribution < -0.4 is 4.74 Å². The molecule has 0 aliphatic rings. The van der Waals surface area contributed by atoms with Crippen LogP contribution in [0, 0.1) is 0 Å². The van der Waals surface area contributed by atoms with Crippen molar-refractivity contribution in [1.82, 2.24) is 15.4 Å². The molecule has 0 aliphatic heterocycles. The highest BCUT2D eigenvalue weighted by molar-refractivity contribution is 7.98. The van der Waals surface area contributed by atoms with E-state index in [2.05, 4.69) is 20.1 Å². The second kappa shape index (κ2) is 8.78. The van der Waals surface area contributed by atoms with Gasteiger partial charge in [0.2, 0.25) is 0 Å². The van der Waals surface area contributed by atoms with Gasteiger partial charge in [0.1, 0.15) is 10.8 Å². The van der Waals surface area contributed by atoms with E-state index in [9.17, 15) is 8.78 Å². The van der Waals surface area contributed by atoms with Crippen LogP contribution in [0.2, 0.25) is 0 Å². The molecule has 0 bridgehead atoms. The first-order valence-corrected chi connectivity index (χ1v) is 6.16. The number of hydrogen-bond donors (Lipinski definition) is 1. The lowest BCUT2D eigenvalue weighted by Crippen LogP contribution is -2.01. The first kappa shape index (κ1) is 15.8. The van der Waals surface area contributed by atoms with E-state index in [1.165, 1.54) is 23.9 Å². The van der Waals surface area contributed by atoms with Crippen LogP contribution in [0.25, 0.3) is 0 Å². The van der Waals surface area contributed by atoms with E-state index in [1.54, 1.807) is 18.3 Å². The van der Waals surface area contributed by atoms with E-state index >= 15 is 0 Å². The minimum absolute atomic E-state index is 0.162. The monoisotopic (exact) mass is 301 g/mol. The summed E-state index contributed by atoms with van der Waals surface area (Å²) < 4.78 is 28.1. The van der Waals surface area contributed by atoms with Crippen molar-refractivity contribution in [2.45, 2.75) is 17.4 Å². The van der Waals surface area contributed by atoms with Gasteiger partial charge in [-0.15, -0.1) is 5.10 Å². The first-order valence-electron chi connectivity index (χ1n) is 5.17. The quantitative estimate of drug-likeness (QED) is 0.851. The molecule has 0 saturated carbocycles. The zero-order chi connectivity index (χ0) is 14.8. The van der Waals surface area contributed by atoms with Crippen molar-refractivity contribution in [1.29, 1.82) is 0 Å². The number of nitrogens with zero attached hydrogens (tertiary/aromatic N) is 2. The fourth-order valence-corrected chi connectivity index (χ4v) is 1.92. The van der Waals surface area contributed by atoms with Gasteiger partial charge in [0.25, 0.3) is 0 Å². The second-order valence-electron chi connectivity index (χ2n) is 3.20. The van der Waals surface area contributed by atoms with Gasteiger partial charge in [0.15, 0.2) is 0 Å². The zero-order valence-electron chi connectivity index (χ0n) is 9.95. The Morgan fingerprint density at radius 2 is 1.95 bits per heavy atom. The number of hydrogen-bond acceptors (Lipinski definition) is 6. The standard InChI is InChI=1S/C10H9F2N3OS.CO2/c11-10(12)16-8-3-1-7(2-4-8)6-17-9-5-13-15-14-9;2-1-3/h1-5,10H,6H2,(H,13,14,15);. The van der Waals surface area contributed by atoms with Crippen molar-refractivity contribution >= 4 is 17.9 Å². The Morgan fingerprint density at radius 3 is 2.45 bits per heavy atom. The SMILES string of the molecule is FC(F)Oc1ccc(CSc2cn[nH]n2)cc1.O=C=O. The van der Waals surface area contributed by atoms with E-state index in [1.807, 2.05) is 0 Å². The molecule has 1 N–H and O–H groups in total. The van der Waals surface area contributed by atoms with E-state index in [0.29, 0.717) is 5.75 Å². The Hall–Kier alpha value is -2.25. The molecule has 0 amide bonds. The fourth-order valence-electron chi connectivity index (χ4n) is 1.19. The summed E-state index contributed by atoms with van der Waals surface area (Å²) in [5.74, 6) is 0.858. The highest BCUT2D eigenvalue weighted by Crippen LogP contribution is 2.21. The number of benzene rings is 1. The number of carbonyl (C=O) groups excluding carboxylic acids is 2. The van der Waals surface area contributed by atoms with Crippen LogP contribution in [0.4, 0.5) is 8.78 Å². The molecule has 106 valence electrons. The number of aromatic nitrogens is 3. The minimum Gasteiger partial charge on any atom is -0.435 e. The van der Waals surface area contributed by atoms with Gasteiger partial charge in [-0.2, -0.15) is 28.7 Å². The van der Waals surface area contributed by atoms with Crippen LogP contribution in [0.15, 0.2) is 35.5 Å². The molecule has 0 unspecified atom stereocenters. The number of H-pyrrole nitrogens is 1. The number of nitrogens with one attached hydrogen (secondary N) is 1. The molecular weight excluding hydrogens is 292 g/mol. The average molecular weight is 301 g/mol. The molecule has 0 spiro atoms. The number of aromatic amines is 1. The number of thioether (sulfide) groups is 1. The molecule has 0 saturated heterocycles. The third kappa shape index (κ3) is 6.07. The largest absolute Gasteiger partial charge is 0.435 e. The summed E-state index contributed by atoms with van der Waals surface area (Å²) in [5.41, 5.74) is 1.000. The summed E-state index contributed by atoms with van der Waals surface area (Å²) in [4.78, 5) is 16.2. The van der Waals surface area contributed by atoms with Crippen molar-refractivity contribution in [3.63, 3.8) is 0 Å². The Morgan fingerprint density at radius 1 is 1.30 bits per heavy atom. The molecule has 0 atom stereocenters. The topological polar surface area (TPSA) is 84.9 Å². The van der Waals surface area contributed by atoms with Gasteiger partial charge < -0.3 is 4.74 Å². The van der Waals surface area contributed by atoms with Crippen molar-refractivity contribution in [2.24, 2.45) is 0 Å². The van der Waals surface area contributed by atoms with E-state index in [0.717, 1.165) is 10.6 Å². The van der Waals surface area contributed by atoms with Gasteiger partial charge in [-0.3, -0.25) is 0 Å². The molecule has 0 fully saturated rings. The average Bonchev–Trinajstić information content (AvgIpc) is 2.91. The van der Waals surface area contributed by atoms with Crippen LogP contribution in [0.3, 0.4) is 0 Å². The van der Waals surface area contributed by atoms with Crippen LogP contribution in [0.1, 0.15) is 5.56 Å². The summed E-state index contributed by atoms with van der Waals surface area (Å²) in [6.45, 7) is -2.79. The summed E-state index contributed by atoms with van der Waals surface area (Å²) in [6, 6.07) is 6.52. The van der Waals surface area contributed by atoms with E-state index in [4.69, 9.17) is 9.59 Å². The third-order valence-electron chi connectivity index (χ3n) is 1.93. The smallest absolute Gasteiger partial charge is 0.387 e. The van der Waals surface area contributed by atoms with Crippen LogP contribution in [-0.4, -0.2) is 28.2 Å². The molecule has 0 radical (unpaired) electrons. The summed E-state index contributed by atoms with van der Waals surface area (Å²) in [7, 11) is 0. The minimum atomic E-state index is -2.79. The molecule has 1 aromatic heterocycles. The Kier molecular flexibility index (Phi) is 6.94. The van der Waals surface area contributed by atoms with Gasteiger partial charge >= 0.3 is 12.8 Å². The molecule has 2 rings (SSSR count). The Labute approximate surface area is 116 Å². The second-order valence-corrected chi connectivity index (χ2v) is 4.20. The lowest BCUT2D eigenvalue weighted by atomic mass is 10.2. The van der Waals surface area contributed by atoms with Crippen LogP contribution in [-0.2, 0) is 15.3 Å². The third-order valence-corrected chi connectivity index (χ3v) is 2.90. The summed E-state index contributed by atoms with van der Waals surface area (Å²) in [6.07, 6.45) is 1.87. The number of halogens is 2. The first-order chi connectivity index (χ1) is 9.65. The lowest BCUT2D eigenvalue weighted by molar-refractivity contribution is -0.191. The molecular formula is C11H9F2N3O3S. The van der Waals surface area contributed by atoms with Gasteiger partial charge in [-0.1, -0.05) is 23.9 Å². The van der Waals surface area contributed by atoms with Gasteiger partial charge in [0.05, 0.1) is 6.20 Å². The fraction of sp³-hybridized carbons (Fsp3) is 0.182. The maximum absolute atomic E-state index is 11.9. The number of rotatable bonds is 5.